The summed E-state index contributed by atoms with van der Waals surface area (Å²) in [5.74, 6) is 0.668. The van der Waals surface area contributed by atoms with E-state index in [1.165, 1.54) is 0 Å². The molecular weight excluding hydrogens is 282 g/mol. The fraction of sp³-hybridized carbons (Fsp3) is 0. The van der Waals surface area contributed by atoms with E-state index in [0.717, 1.165) is 10.0 Å². The van der Waals surface area contributed by atoms with Crippen molar-refractivity contribution in [3.05, 3.63) is 46.1 Å². The van der Waals surface area contributed by atoms with Crippen molar-refractivity contribution in [2.24, 2.45) is 5.73 Å². The maximum Gasteiger partial charge on any atom is 0.124 e. The van der Waals surface area contributed by atoms with Gasteiger partial charge in [-0.15, -0.1) is 0 Å². The fourth-order valence-corrected chi connectivity index (χ4v) is 1.97. The van der Waals surface area contributed by atoms with Crippen molar-refractivity contribution in [2.45, 2.75) is 0 Å². The number of aromatic amines is 1. The van der Waals surface area contributed by atoms with Gasteiger partial charge in [-0.05, 0) is 34.1 Å². The third-order valence-electron chi connectivity index (χ3n) is 2.42. The molecule has 4 nitrogen and oxygen atoms in total. The molecule has 1 aromatic carbocycles. The lowest BCUT2D eigenvalue weighted by molar-refractivity contribution is 0.473. The summed E-state index contributed by atoms with van der Waals surface area (Å²) in [5.41, 5.74) is 13.5. The van der Waals surface area contributed by atoms with Gasteiger partial charge < -0.3 is 21.6 Å². The zero-order chi connectivity index (χ0) is 12.4. The quantitative estimate of drug-likeness (QED) is 0.686. The average molecular weight is 294 g/mol. The first kappa shape index (κ1) is 11.6. The van der Waals surface area contributed by atoms with Crippen LogP contribution in [-0.2, 0) is 0 Å². The Bertz CT molecular complexity index is 555. The molecular formula is C12H12BrN3O. The van der Waals surface area contributed by atoms with Crippen molar-refractivity contribution >= 4 is 33.5 Å². The molecule has 1 heterocycles. The summed E-state index contributed by atoms with van der Waals surface area (Å²) in [6, 6.07) is 6.89. The van der Waals surface area contributed by atoms with Crippen LogP contribution in [-0.4, -0.2) is 10.1 Å². The number of H-pyrrole nitrogens is 1. The zero-order valence-corrected chi connectivity index (χ0v) is 10.5. The van der Waals surface area contributed by atoms with Gasteiger partial charge in [-0.25, -0.2) is 0 Å². The molecule has 2 aromatic rings. The van der Waals surface area contributed by atoms with Gasteiger partial charge in [0.1, 0.15) is 11.6 Å². The number of benzene rings is 1. The molecule has 0 fully saturated rings. The van der Waals surface area contributed by atoms with Gasteiger partial charge in [0.2, 0.25) is 0 Å². The van der Waals surface area contributed by atoms with Gasteiger partial charge in [0.15, 0.2) is 0 Å². The number of nitrogens with one attached hydrogen (secondary N) is 1. The first-order valence-corrected chi connectivity index (χ1v) is 5.76. The predicted molar refractivity (Wildman–Crippen MR) is 73.1 cm³/mol. The highest BCUT2D eigenvalue weighted by atomic mass is 79.9. The third kappa shape index (κ3) is 2.29. The second kappa shape index (κ2) is 4.55. The van der Waals surface area contributed by atoms with Crippen molar-refractivity contribution in [3.8, 4) is 5.75 Å². The van der Waals surface area contributed by atoms with Crippen molar-refractivity contribution < 1.29 is 5.11 Å². The summed E-state index contributed by atoms with van der Waals surface area (Å²) in [7, 11) is 0. The average Bonchev–Trinajstić information content (AvgIpc) is 2.61. The lowest BCUT2D eigenvalue weighted by Crippen LogP contribution is -1.97. The van der Waals surface area contributed by atoms with Crippen LogP contribution >= 0.6 is 15.9 Å². The van der Waals surface area contributed by atoms with Crippen molar-refractivity contribution in [1.82, 2.24) is 4.98 Å². The van der Waals surface area contributed by atoms with E-state index in [2.05, 4.69) is 20.9 Å². The minimum absolute atomic E-state index is 0.145. The van der Waals surface area contributed by atoms with Crippen LogP contribution in [0.4, 0.5) is 5.82 Å². The van der Waals surface area contributed by atoms with Gasteiger partial charge in [-0.1, -0.05) is 12.1 Å². The molecule has 88 valence electrons. The molecule has 0 saturated heterocycles. The van der Waals surface area contributed by atoms with Crippen LogP contribution < -0.4 is 11.5 Å². The lowest BCUT2D eigenvalue weighted by Gasteiger charge is -2.04. The van der Waals surface area contributed by atoms with Crippen LogP contribution in [0.2, 0.25) is 0 Å². The van der Waals surface area contributed by atoms with Crippen molar-refractivity contribution in [3.63, 3.8) is 0 Å². The topological polar surface area (TPSA) is 88.1 Å². The highest BCUT2D eigenvalue weighted by molar-refractivity contribution is 9.10. The molecule has 0 atom stereocenters. The molecule has 5 heteroatoms. The highest BCUT2D eigenvalue weighted by Crippen LogP contribution is 2.28. The molecule has 0 unspecified atom stereocenters. The third-order valence-corrected chi connectivity index (χ3v) is 3.07. The van der Waals surface area contributed by atoms with Crippen LogP contribution in [0.3, 0.4) is 0 Å². The maximum absolute atomic E-state index is 9.68. The molecule has 6 N–H and O–H groups in total. The number of hydrogen-bond acceptors (Lipinski definition) is 3. The Morgan fingerprint density at radius 3 is 2.65 bits per heavy atom. The number of nitrogen functional groups attached to an aromatic ring is 1. The van der Waals surface area contributed by atoms with E-state index in [4.69, 9.17) is 11.5 Å². The Kier molecular flexibility index (Phi) is 3.10. The summed E-state index contributed by atoms with van der Waals surface area (Å²) in [5, 5.41) is 9.68. The molecule has 0 saturated carbocycles. The van der Waals surface area contributed by atoms with Gasteiger partial charge >= 0.3 is 0 Å². The summed E-state index contributed by atoms with van der Waals surface area (Å²) < 4.78 is 0.827. The van der Waals surface area contributed by atoms with E-state index in [1.807, 2.05) is 6.07 Å². The minimum atomic E-state index is 0.145. The number of aromatic nitrogens is 1. The molecule has 1 aromatic heterocycles. The maximum atomic E-state index is 9.68. The summed E-state index contributed by atoms with van der Waals surface area (Å²) in [6.45, 7) is 0. The summed E-state index contributed by atoms with van der Waals surface area (Å²) >= 11 is 3.36. The van der Waals surface area contributed by atoms with Crippen LogP contribution in [0.5, 0.6) is 5.75 Å². The van der Waals surface area contributed by atoms with Gasteiger partial charge in [0.05, 0.1) is 0 Å². The molecule has 0 bridgehead atoms. The number of halogens is 1. The zero-order valence-electron chi connectivity index (χ0n) is 8.94. The number of anilines is 1. The highest BCUT2D eigenvalue weighted by Gasteiger charge is 2.07. The number of nitrogens with two attached hydrogens (primary N) is 2. The normalized spacial score (nSPS) is 11.7. The first-order valence-electron chi connectivity index (χ1n) is 4.97. The standard InChI is InChI=1S/C12H12BrN3O/c13-9-6-16-12(15)8(9)5-10(14)7-3-1-2-4-11(7)17/h1-6,16-17H,14-15H2/b10-5-. The number of phenols is 1. The van der Waals surface area contributed by atoms with Crippen LogP contribution in [0.25, 0.3) is 11.8 Å². The smallest absolute Gasteiger partial charge is 0.124 e. The number of aromatic hydroxyl groups is 1. The Labute approximate surface area is 107 Å². The van der Waals surface area contributed by atoms with E-state index in [1.54, 1.807) is 30.5 Å². The largest absolute Gasteiger partial charge is 0.507 e. The first-order chi connectivity index (χ1) is 8.09. The SMILES string of the molecule is N/C(=C\c1c(Br)c[nH]c1N)c1ccccc1O. The molecule has 0 spiro atoms. The number of phenolic OH excluding ortho intramolecular Hbond substituents is 1. The van der Waals surface area contributed by atoms with Crippen LogP contribution in [0, 0.1) is 0 Å². The molecule has 0 aliphatic rings. The van der Waals surface area contributed by atoms with Gasteiger partial charge in [-0.3, -0.25) is 0 Å². The van der Waals surface area contributed by atoms with E-state index in [9.17, 15) is 5.11 Å². The van der Waals surface area contributed by atoms with Gasteiger partial charge in [-0.2, -0.15) is 0 Å². The number of para-hydroxylation sites is 1. The Balaban J connectivity index is 2.45. The van der Waals surface area contributed by atoms with Crippen LogP contribution in [0.15, 0.2) is 34.9 Å². The fourth-order valence-electron chi connectivity index (χ4n) is 1.52. The van der Waals surface area contributed by atoms with Crippen molar-refractivity contribution in [2.75, 3.05) is 5.73 Å². The molecule has 17 heavy (non-hydrogen) atoms. The molecule has 2 rings (SSSR count). The predicted octanol–water partition coefficient (Wildman–Crippen LogP) is 2.52. The molecule has 0 amide bonds. The number of hydrogen-bond donors (Lipinski definition) is 4. The van der Waals surface area contributed by atoms with E-state index in [-0.39, 0.29) is 5.75 Å². The van der Waals surface area contributed by atoms with Crippen molar-refractivity contribution in [1.29, 1.82) is 0 Å². The summed E-state index contributed by atoms with van der Waals surface area (Å²) in [6.07, 6.45) is 3.45. The monoisotopic (exact) mass is 293 g/mol. The van der Waals surface area contributed by atoms with E-state index >= 15 is 0 Å². The second-order valence-electron chi connectivity index (χ2n) is 3.58. The summed E-state index contributed by atoms with van der Waals surface area (Å²) in [4.78, 5) is 2.88. The minimum Gasteiger partial charge on any atom is -0.507 e. The number of rotatable bonds is 2. The van der Waals surface area contributed by atoms with E-state index in [0.29, 0.717) is 17.1 Å². The molecule has 0 aliphatic carbocycles. The van der Waals surface area contributed by atoms with Gasteiger partial charge in [0.25, 0.3) is 0 Å². The molecule has 0 aliphatic heterocycles. The van der Waals surface area contributed by atoms with Crippen LogP contribution in [0.1, 0.15) is 11.1 Å². The Morgan fingerprint density at radius 2 is 2.06 bits per heavy atom. The molecule has 0 radical (unpaired) electrons. The lowest BCUT2D eigenvalue weighted by atomic mass is 10.1. The Morgan fingerprint density at radius 1 is 1.35 bits per heavy atom. The van der Waals surface area contributed by atoms with Gasteiger partial charge in [0, 0.05) is 27.5 Å². The Hall–Kier alpha value is -1.88. The second-order valence-corrected chi connectivity index (χ2v) is 4.44. The van der Waals surface area contributed by atoms with E-state index < -0.39 is 0 Å².